The predicted octanol–water partition coefficient (Wildman–Crippen LogP) is 0.492. The van der Waals surface area contributed by atoms with Crippen LogP contribution in [0.2, 0.25) is 0 Å². The van der Waals surface area contributed by atoms with Gasteiger partial charge in [0.1, 0.15) is 5.00 Å². The van der Waals surface area contributed by atoms with E-state index in [1.807, 2.05) is 0 Å². The first-order chi connectivity index (χ1) is 9.52. The van der Waals surface area contributed by atoms with Crippen LogP contribution in [-0.2, 0) is 27.2 Å². The van der Waals surface area contributed by atoms with Crippen LogP contribution in [0.1, 0.15) is 40.1 Å². The van der Waals surface area contributed by atoms with Gasteiger partial charge in [0.05, 0.1) is 12.7 Å². The van der Waals surface area contributed by atoms with Gasteiger partial charge in [-0.3, -0.25) is 4.79 Å². The zero-order chi connectivity index (χ0) is 14.7. The summed E-state index contributed by atoms with van der Waals surface area (Å²) in [7, 11) is 1.29. The van der Waals surface area contributed by atoms with Gasteiger partial charge in [-0.05, 0) is 31.2 Å². The van der Waals surface area contributed by atoms with Gasteiger partial charge >= 0.3 is 5.97 Å². The summed E-state index contributed by atoms with van der Waals surface area (Å²) in [6.07, 6.45) is 2.16. The second kappa shape index (κ2) is 6.04. The Bertz CT molecular complexity index is 563. The Balaban J connectivity index is 2.17. The first-order valence-corrected chi connectivity index (χ1v) is 7.07. The summed E-state index contributed by atoms with van der Waals surface area (Å²) < 4.78 is 4.75. The summed E-state index contributed by atoms with van der Waals surface area (Å²) in [5.41, 5.74) is 1.35. The number of ether oxygens (including phenoxy) is 1. The second-order valence-electron chi connectivity index (χ2n) is 4.47. The molecule has 0 atom stereocenters. The molecule has 0 spiro atoms. The fraction of sp³-hybridized carbons (Fsp3) is 0.462. The van der Waals surface area contributed by atoms with E-state index in [0.29, 0.717) is 10.6 Å². The van der Waals surface area contributed by atoms with E-state index < -0.39 is 17.8 Å². The number of fused-ring (bicyclic) bond motifs is 1. The molecule has 1 aliphatic carbocycles. The highest BCUT2D eigenvalue weighted by Gasteiger charge is 2.27. The Morgan fingerprint density at radius 2 is 2.05 bits per heavy atom. The smallest absolute Gasteiger partial charge is 0.341 e. The number of methoxy groups -OCH3 is 1. The molecule has 108 valence electrons. The number of esters is 1. The van der Waals surface area contributed by atoms with Gasteiger partial charge < -0.3 is 20.0 Å². The molecule has 1 aliphatic rings. The van der Waals surface area contributed by atoms with Crippen molar-refractivity contribution >= 4 is 34.2 Å². The van der Waals surface area contributed by atoms with Gasteiger partial charge in [0, 0.05) is 17.3 Å². The van der Waals surface area contributed by atoms with E-state index >= 15 is 0 Å². The summed E-state index contributed by atoms with van der Waals surface area (Å²) in [4.78, 5) is 34.9. The minimum absolute atomic E-state index is 0.175. The summed E-state index contributed by atoms with van der Waals surface area (Å²) in [6, 6.07) is 0. The van der Waals surface area contributed by atoms with Gasteiger partial charge in [-0.25, -0.2) is 4.79 Å². The number of aliphatic carboxylic acids is 1. The van der Waals surface area contributed by atoms with Crippen LogP contribution >= 0.6 is 11.3 Å². The molecule has 1 heterocycles. The molecule has 0 aliphatic heterocycles. The standard InChI is InChI=1S/C13H15NO5S/c1-19-13(18)11-7-3-2-4-8(7)20-12(11)14-9(15)5-6-10(16)17/h2-6H2,1H3,(H,14,15)(H,16,17)/p-1. The number of thiophene rings is 1. The minimum Gasteiger partial charge on any atom is -0.550 e. The van der Waals surface area contributed by atoms with Gasteiger partial charge in [0.15, 0.2) is 0 Å². The van der Waals surface area contributed by atoms with Crippen LogP contribution in [0.15, 0.2) is 0 Å². The van der Waals surface area contributed by atoms with Gasteiger partial charge in [0.2, 0.25) is 5.91 Å². The van der Waals surface area contributed by atoms with Crippen LogP contribution in [0.3, 0.4) is 0 Å². The van der Waals surface area contributed by atoms with Crippen molar-refractivity contribution in [1.29, 1.82) is 0 Å². The lowest BCUT2D eigenvalue weighted by Gasteiger charge is -2.07. The summed E-state index contributed by atoms with van der Waals surface area (Å²) in [5.74, 6) is -2.19. The third-order valence-corrected chi connectivity index (χ3v) is 4.33. The van der Waals surface area contributed by atoms with Crippen molar-refractivity contribution in [2.24, 2.45) is 0 Å². The number of hydrogen-bond donors (Lipinski definition) is 1. The van der Waals surface area contributed by atoms with Crippen molar-refractivity contribution in [1.82, 2.24) is 0 Å². The van der Waals surface area contributed by atoms with E-state index in [1.54, 1.807) is 0 Å². The number of carboxylic acid groups (broad SMARTS) is 1. The minimum atomic E-state index is -1.28. The molecule has 1 N–H and O–H groups in total. The fourth-order valence-electron chi connectivity index (χ4n) is 2.22. The molecule has 2 rings (SSSR count). The highest BCUT2D eigenvalue weighted by molar-refractivity contribution is 7.17. The van der Waals surface area contributed by atoms with Gasteiger partial charge in [0.25, 0.3) is 0 Å². The Hall–Kier alpha value is -1.89. The highest BCUT2D eigenvalue weighted by atomic mass is 32.1. The fourth-order valence-corrected chi connectivity index (χ4v) is 3.51. The number of amides is 1. The molecule has 0 saturated heterocycles. The number of rotatable bonds is 5. The number of carbonyl (C=O) groups excluding carboxylic acids is 3. The molecule has 0 aromatic carbocycles. The lowest BCUT2D eigenvalue weighted by atomic mass is 10.1. The average Bonchev–Trinajstić information content (AvgIpc) is 2.95. The average molecular weight is 296 g/mol. The maximum atomic E-state index is 11.8. The molecular formula is C13H14NO5S-. The molecule has 0 fully saturated rings. The van der Waals surface area contributed by atoms with E-state index in [9.17, 15) is 19.5 Å². The van der Waals surface area contributed by atoms with Gasteiger partial charge in [-0.1, -0.05) is 0 Å². The van der Waals surface area contributed by atoms with Crippen LogP contribution < -0.4 is 10.4 Å². The molecule has 20 heavy (non-hydrogen) atoms. The quantitative estimate of drug-likeness (QED) is 0.798. The van der Waals surface area contributed by atoms with Crippen LogP contribution in [0.4, 0.5) is 5.00 Å². The van der Waals surface area contributed by atoms with Gasteiger partial charge in [-0.15, -0.1) is 11.3 Å². The Labute approximate surface area is 119 Å². The van der Waals surface area contributed by atoms with Crippen LogP contribution in [0.5, 0.6) is 0 Å². The molecular weight excluding hydrogens is 282 g/mol. The van der Waals surface area contributed by atoms with Crippen molar-refractivity contribution in [3.05, 3.63) is 16.0 Å². The third-order valence-electron chi connectivity index (χ3n) is 3.12. The van der Waals surface area contributed by atoms with Crippen LogP contribution in [-0.4, -0.2) is 25.0 Å². The Kier molecular flexibility index (Phi) is 4.39. The monoisotopic (exact) mass is 296 g/mol. The number of aryl methyl sites for hydroxylation is 1. The summed E-state index contributed by atoms with van der Waals surface area (Å²) >= 11 is 1.36. The lowest BCUT2D eigenvalue weighted by Crippen LogP contribution is -2.24. The summed E-state index contributed by atoms with van der Waals surface area (Å²) in [5, 5.41) is 13.4. The predicted molar refractivity (Wildman–Crippen MR) is 70.6 cm³/mol. The highest BCUT2D eigenvalue weighted by Crippen LogP contribution is 2.39. The first kappa shape index (κ1) is 14.5. The van der Waals surface area contributed by atoms with E-state index in [4.69, 9.17) is 4.74 Å². The largest absolute Gasteiger partial charge is 0.550 e. The Morgan fingerprint density at radius 3 is 2.70 bits per heavy atom. The SMILES string of the molecule is COC(=O)c1c(NC(=O)CCC(=O)[O-])sc2c1CCC2. The number of carbonyl (C=O) groups is 3. The van der Waals surface area contributed by atoms with Crippen molar-refractivity contribution in [3.8, 4) is 0 Å². The molecule has 1 amide bonds. The third kappa shape index (κ3) is 2.98. The van der Waals surface area contributed by atoms with Crippen molar-refractivity contribution < 1.29 is 24.2 Å². The topological polar surface area (TPSA) is 95.5 Å². The van der Waals surface area contributed by atoms with E-state index in [0.717, 1.165) is 29.7 Å². The maximum Gasteiger partial charge on any atom is 0.341 e. The molecule has 6 nitrogen and oxygen atoms in total. The number of nitrogens with one attached hydrogen (secondary N) is 1. The number of anilines is 1. The first-order valence-electron chi connectivity index (χ1n) is 6.25. The van der Waals surface area contributed by atoms with Crippen molar-refractivity contribution in [2.75, 3.05) is 12.4 Å². The molecule has 0 saturated carbocycles. The van der Waals surface area contributed by atoms with Crippen molar-refractivity contribution in [3.63, 3.8) is 0 Å². The second-order valence-corrected chi connectivity index (χ2v) is 5.58. The lowest BCUT2D eigenvalue weighted by molar-refractivity contribution is -0.305. The van der Waals surface area contributed by atoms with Crippen molar-refractivity contribution in [2.45, 2.75) is 32.1 Å². The van der Waals surface area contributed by atoms with Gasteiger partial charge in [-0.2, -0.15) is 0 Å². The molecule has 0 unspecified atom stereocenters. The van der Waals surface area contributed by atoms with Crippen LogP contribution in [0.25, 0.3) is 0 Å². The normalized spacial score (nSPS) is 12.8. The van der Waals surface area contributed by atoms with Crippen LogP contribution in [0, 0.1) is 0 Å². The molecule has 7 heteroatoms. The molecule has 1 aromatic heterocycles. The van der Waals surface area contributed by atoms with E-state index in [2.05, 4.69) is 5.32 Å². The van der Waals surface area contributed by atoms with E-state index in [-0.39, 0.29) is 12.8 Å². The zero-order valence-corrected chi connectivity index (χ0v) is 11.8. The summed E-state index contributed by atoms with van der Waals surface area (Å²) in [6.45, 7) is 0. The number of hydrogen-bond acceptors (Lipinski definition) is 6. The molecule has 0 radical (unpaired) electrons. The Morgan fingerprint density at radius 1 is 1.30 bits per heavy atom. The number of carboxylic acids is 1. The molecule has 1 aromatic rings. The maximum absolute atomic E-state index is 11.8. The van der Waals surface area contributed by atoms with E-state index in [1.165, 1.54) is 18.4 Å². The molecule has 0 bridgehead atoms. The zero-order valence-electron chi connectivity index (χ0n) is 11.0.